The van der Waals surface area contributed by atoms with Crippen LogP contribution in [0.2, 0.25) is 0 Å². The van der Waals surface area contributed by atoms with Crippen molar-refractivity contribution in [1.82, 2.24) is 5.32 Å². The number of hydrogen-bond acceptors (Lipinski definition) is 4. The van der Waals surface area contributed by atoms with Gasteiger partial charge in [0.25, 0.3) is 5.91 Å². The minimum Gasteiger partial charge on any atom is -0.459 e. The summed E-state index contributed by atoms with van der Waals surface area (Å²) in [6.07, 6.45) is 3.85. The van der Waals surface area contributed by atoms with Crippen LogP contribution in [0, 0.1) is 5.92 Å². The highest BCUT2D eigenvalue weighted by Gasteiger charge is 2.16. The molecular formula is C19H23N3O3. The zero-order valence-electron chi connectivity index (χ0n) is 14.3. The molecule has 1 saturated heterocycles. The maximum atomic E-state index is 11.9. The predicted octanol–water partition coefficient (Wildman–Crippen LogP) is 2.88. The summed E-state index contributed by atoms with van der Waals surface area (Å²) < 4.78 is 4.97. The van der Waals surface area contributed by atoms with Gasteiger partial charge in [0.2, 0.25) is 5.91 Å². The predicted molar refractivity (Wildman–Crippen MR) is 96.7 cm³/mol. The molecule has 0 aliphatic carbocycles. The number of benzene rings is 1. The third-order valence-electron chi connectivity index (χ3n) is 4.45. The van der Waals surface area contributed by atoms with Gasteiger partial charge in [-0.1, -0.05) is 6.92 Å². The Morgan fingerprint density at radius 2 is 1.88 bits per heavy atom. The third kappa shape index (κ3) is 4.62. The molecule has 1 aliphatic heterocycles. The van der Waals surface area contributed by atoms with Gasteiger partial charge in [-0.15, -0.1) is 0 Å². The second kappa shape index (κ2) is 7.88. The summed E-state index contributed by atoms with van der Waals surface area (Å²) in [7, 11) is 0. The molecule has 0 saturated carbocycles. The van der Waals surface area contributed by atoms with Gasteiger partial charge in [0.15, 0.2) is 5.76 Å². The van der Waals surface area contributed by atoms with Gasteiger partial charge >= 0.3 is 0 Å². The van der Waals surface area contributed by atoms with Crippen LogP contribution >= 0.6 is 0 Å². The molecule has 2 N–H and O–H groups in total. The van der Waals surface area contributed by atoms with E-state index < -0.39 is 5.91 Å². The number of hydrogen-bond donors (Lipinski definition) is 2. The van der Waals surface area contributed by atoms with Gasteiger partial charge in [-0.3, -0.25) is 9.59 Å². The summed E-state index contributed by atoms with van der Waals surface area (Å²) in [5.41, 5.74) is 1.89. The van der Waals surface area contributed by atoms with Gasteiger partial charge < -0.3 is 20.0 Å². The number of carbonyl (C=O) groups excluding carboxylic acids is 2. The number of nitrogens with one attached hydrogen (secondary N) is 2. The van der Waals surface area contributed by atoms with E-state index in [2.05, 4.69) is 22.5 Å². The van der Waals surface area contributed by atoms with Crippen molar-refractivity contribution < 1.29 is 14.0 Å². The molecule has 1 aromatic carbocycles. The fraction of sp³-hybridized carbons (Fsp3) is 0.368. The van der Waals surface area contributed by atoms with E-state index in [0.717, 1.165) is 19.0 Å². The minimum absolute atomic E-state index is 0.106. The molecule has 6 heteroatoms. The lowest BCUT2D eigenvalue weighted by Crippen LogP contribution is -2.33. The number of furan rings is 1. The first-order valence-corrected chi connectivity index (χ1v) is 8.58. The Kier molecular flexibility index (Phi) is 5.38. The topological polar surface area (TPSA) is 74.6 Å². The summed E-state index contributed by atoms with van der Waals surface area (Å²) in [6, 6.07) is 11.0. The largest absolute Gasteiger partial charge is 0.459 e. The van der Waals surface area contributed by atoms with Crippen LogP contribution < -0.4 is 15.5 Å². The molecule has 0 atom stereocenters. The van der Waals surface area contributed by atoms with Crippen molar-refractivity contribution >= 4 is 23.2 Å². The highest BCUT2D eigenvalue weighted by Crippen LogP contribution is 2.24. The molecule has 0 unspecified atom stereocenters. The van der Waals surface area contributed by atoms with Crippen molar-refractivity contribution in [2.75, 3.05) is 29.9 Å². The second-order valence-corrected chi connectivity index (χ2v) is 6.42. The van der Waals surface area contributed by atoms with E-state index >= 15 is 0 Å². The van der Waals surface area contributed by atoms with Crippen LogP contribution in [0.3, 0.4) is 0 Å². The SMILES string of the molecule is CC1CCN(c2ccc(NC(=O)CNC(=O)c3ccco3)cc2)CC1. The van der Waals surface area contributed by atoms with Gasteiger partial charge in [-0.05, 0) is 55.2 Å². The van der Waals surface area contributed by atoms with Crippen LogP contribution in [0.15, 0.2) is 47.1 Å². The molecule has 2 aromatic rings. The van der Waals surface area contributed by atoms with Crippen LogP contribution in [0.5, 0.6) is 0 Å². The lowest BCUT2D eigenvalue weighted by molar-refractivity contribution is -0.115. The standard InChI is InChI=1S/C19H23N3O3/c1-14-8-10-22(11-9-14)16-6-4-15(5-7-16)21-18(23)13-20-19(24)17-3-2-12-25-17/h2-7,12,14H,8-11,13H2,1H3,(H,20,24)(H,21,23). The smallest absolute Gasteiger partial charge is 0.287 e. The van der Waals surface area contributed by atoms with Gasteiger partial charge in [-0.25, -0.2) is 0 Å². The maximum Gasteiger partial charge on any atom is 0.287 e. The summed E-state index contributed by atoms with van der Waals surface area (Å²) >= 11 is 0. The fourth-order valence-corrected chi connectivity index (χ4v) is 2.88. The Hall–Kier alpha value is -2.76. The Morgan fingerprint density at radius 3 is 2.52 bits per heavy atom. The summed E-state index contributed by atoms with van der Waals surface area (Å²) in [6.45, 7) is 4.34. The van der Waals surface area contributed by atoms with Crippen molar-refractivity contribution in [2.45, 2.75) is 19.8 Å². The number of nitrogens with zero attached hydrogens (tertiary/aromatic N) is 1. The van der Waals surface area contributed by atoms with E-state index in [-0.39, 0.29) is 18.2 Å². The molecule has 0 spiro atoms. The van der Waals surface area contributed by atoms with Crippen molar-refractivity contribution in [3.63, 3.8) is 0 Å². The van der Waals surface area contributed by atoms with Crippen molar-refractivity contribution in [3.05, 3.63) is 48.4 Å². The van der Waals surface area contributed by atoms with Gasteiger partial charge in [-0.2, -0.15) is 0 Å². The van der Waals surface area contributed by atoms with Crippen LogP contribution in [0.25, 0.3) is 0 Å². The average Bonchev–Trinajstić information content (AvgIpc) is 3.16. The highest BCUT2D eigenvalue weighted by molar-refractivity contribution is 5.98. The van der Waals surface area contributed by atoms with Crippen LogP contribution in [0.1, 0.15) is 30.3 Å². The molecule has 2 amide bonds. The molecular weight excluding hydrogens is 318 g/mol. The lowest BCUT2D eigenvalue weighted by Gasteiger charge is -2.32. The molecule has 2 heterocycles. The maximum absolute atomic E-state index is 11.9. The van der Waals surface area contributed by atoms with E-state index in [1.54, 1.807) is 12.1 Å². The monoisotopic (exact) mass is 341 g/mol. The molecule has 1 aliphatic rings. The number of piperidine rings is 1. The van der Waals surface area contributed by atoms with E-state index in [1.807, 2.05) is 24.3 Å². The van der Waals surface area contributed by atoms with E-state index in [0.29, 0.717) is 5.69 Å². The van der Waals surface area contributed by atoms with Gasteiger partial charge in [0.1, 0.15) is 0 Å². The zero-order chi connectivity index (χ0) is 17.6. The van der Waals surface area contributed by atoms with Gasteiger partial charge in [0, 0.05) is 24.5 Å². The zero-order valence-corrected chi connectivity index (χ0v) is 14.3. The fourth-order valence-electron chi connectivity index (χ4n) is 2.88. The van der Waals surface area contributed by atoms with Crippen LogP contribution in [-0.4, -0.2) is 31.4 Å². The lowest BCUT2D eigenvalue weighted by atomic mass is 9.99. The number of rotatable bonds is 5. The van der Waals surface area contributed by atoms with Crippen molar-refractivity contribution in [2.24, 2.45) is 5.92 Å². The van der Waals surface area contributed by atoms with Crippen LogP contribution in [-0.2, 0) is 4.79 Å². The first kappa shape index (κ1) is 17.1. The number of amides is 2. The highest BCUT2D eigenvalue weighted by atomic mass is 16.3. The molecule has 25 heavy (non-hydrogen) atoms. The molecule has 132 valence electrons. The normalized spacial score (nSPS) is 15.0. The third-order valence-corrected chi connectivity index (χ3v) is 4.45. The number of carbonyl (C=O) groups is 2. The molecule has 0 bridgehead atoms. The number of anilines is 2. The van der Waals surface area contributed by atoms with E-state index in [9.17, 15) is 9.59 Å². The molecule has 1 aromatic heterocycles. The summed E-state index contributed by atoms with van der Waals surface area (Å²) in [5, 5.41) is 5.30. The van der Waals surface area contributed by atoms with Gasteiger partial charge in [0.05, 0.1) is 12.8 Å². The second-order valence-electron chi connectivity index (χ2n) is 6.42. The Labute approximate surface area is 147 Å². The van der Waals surface area contributed by atoms with Crippen molar-refractivity contribution in [3.8, 4) is 0 Å². The Morgan fingerprint density at radius 1 is 1.16 bits per heavy atom. The Bertz CT molecular complexity index is 702. The molecule has 6 nitrogen and oxygen atoms in total. The first-order chi connectivity index (χ1) is 12.1. The molecule has 1 fully saturated rings. The quantitative estimate of drug-likeness (QED) is 0.877. The molecule has 0 radical (unpaired) electrons. The van der Waals surface area contributed by atoms with Crippen LogP contribution in [0.4, 0.5) is 11.4 Å². The van der Waals surface area contributed by atoms with Crippen molar-refractivity contribution in [1.29, 1.82) is 0 Å². The summed E-state index contributed by atoms with van der Waals surface area (Å²) in [5.74, 6) is 0.300. The minimum atomic E-state index is -0.408. The average molecular weight is 341 g/mol. The molecule has 3 rings (SSSR count). The van der Waals surface area contributed by atoms with E-state index in [1.165, 1.54) is 24.8 Å². The summed E-state index contributed by atoms with van der Waals surface area (Å²) in [4.78, 5) is 26.0. The Balaban J connectivity index is 1.47. The van der Waals surface area contributed by atoms with E-state index in [4.69, 9.17) is 4.42 Å². The first-order valence-electron chi connectivity index (χ1n) is 8.58.